The van der Waals surface area contributed by atoms with Gasteiger partial charge in [-0.25, -0.2) is 4.98 Å². The average molecular weight is 409 g/mol. The summed E-state index contributed by atoms with van der Waals surface area (Å²) in [7, 11) is 0. The van der Waals surface area contributed by atoms with E-state index in [2.05, 4.69) is 55.6 Å². The molecule has 2 heterocycles. The smallest absolute Gasteiger partial charge is 0.279 e. The Balaban J connectivity index is 1.32. The van der Waals surface area contributed by atoms with E-state index in [0.717, 1.165) is 43.6 Å². The van der Waals surface area contributed by atoms with Crippen LogP contribution >= 0.6 is 11.3 Å². The number of fused-ring (bicyclic) bond motifs is 1. The Morgan fingerprint density at radius 3 is 2.66 bits per heavy atom. The van der Waals surface area contributed by atoms with Crippen molar-refractivity contribution < 1.29 is 9.69 Å². The molecule has 2 aromatic carbocycles. The van der Waals surface area contributed by atoms with Gasteiger partial charge in [0.2, 0.25) is 0 Å². The summed E-state index contributed by atoms with van der Waals surface area (Å²) in [5.41, 5.74) is 3.31. The van der Waals surface area contributed by atoms with E-state index in [0.29, 0.717) is 18.4 Å². The highest BCUT2D eigenvalue weighted by Gasteiger charge is 2.27. The van der Waals surface area contributed by atoms with Crippen LogP contribution in [0.15, 0.2) is 48.5 Å². The molecule has 1 atom stereocenters. The van der Waals surface area contributed by atoms with Crippen LogP contribution in [0.3, 0.4) is 0 Å². The van der Waals surface area contributed by atoms with Crippen LogP contribution in [-0.2, 0) is 4.79 Å². The normalized spacial score (nSPS) is 20.5. The predicted molar refractivity (Wildman–Crippen MR) is 121 cm³/mol. The molecule has 1 aliphatic heterocycles. The lowest BCUT2D eigenvalue weighted by molar-refractivity contribution is -0.897. The van der Waals surface area contributed by atoms with E-state index in [4.69, 9.17) is 4.98 Å². The fourth-order valence-electron chi connectivity index (χ4n) is 4.20. The summed E-state index contributed by atoms with van der Waals surface area (Å²) in [5.74, 6) is 1.10. The second-order valence-corrected chi connectivity index (χ2v) is 9.23. The van der Waals surface area contributed by atoms with Gasteiger partial charge in [0.15, 0.2) is 6.54 Å². The molecule has 0 unspecified atom stereocenters. The number of benzene rings is 2. The first-order chi connectivity index (χ1) is 14.1. The molecule has 2 N–H and O–H groups in total. The summed E-state index contributed by atoms with van der Waals surface area (Å²) in [6, 6.07) is 16.6. The van der Waals surface area contributed by atoms with Crippen LogP contribution in [-0.4, -0.2) is 30.5 Å². The SMILES string of the molecule is CC[C@H](C)c1ccccc1NC(=O)C[NH+]1CCC(c2nc3ccccc3s2)CC1. The zero-order valence-electron chi connectivity index (χ0n) is 17.3. The number of carbonyl (C=O) groups is 1. The number of carbonyl (C=O) groups excluding carboxylic acids is 1. The molecular formula is C24H30N3OS+. The zero-order chi connectivity index (χ0) is 20.2. The van der Waals surface area contributed by atoms with Crippen molar-refractivity contribution in [3.8, 4) is 0 Å². The maximum Gasteiger partial charge on any atom is 0.279 e. The summed E-state index contributed by atoms with van der Waals surface area (Å²) >= 11 is 1.83. The van der Waals surface area contributed by atoms with Gasteiger partial charge in [-0.3, -0.25) is 4.79 Å². The summed E-state index contributed by atoms with van der Waals surface area (Å²) in [6.07, 6.45) is 3.27. The molecule has 0 spiro atoms. The highest BCUT2D eigenvalue weighted by Crippen LogP contribution is 2.31. The molecule has 1 amide bonds. The number of rotatable bonds is 6. The van der Waals surface area contributed by atoms with Gasteiger partial charge in [-0.2, -0.15) is 0 Å². The predicted octanol–water partition coefficient (Wildman–Crippen LogP) is 4.21. The molecule has 0 saturated carbocycles. The number of thiazole rings is 1. The fourth-order valence-corrected chi connectivity index (χ4v) is 5.33. The maximum atomic E-state index is 12.7. The molecule has 3 aromatic rings. The third kappa shape index (κ3) is 4.68. The monoisotopic (exact) mass is 408 g/mol. The highest BCUT2D eigenvalue weighted by atomic mass is 32.1. The van der Waals surface area contributed by atoms with Crippen molar-refractivity contribution in [1.29, 1.82) is 0 Å². The van der Waals surface area contributed by atoms with Gasteiger partial charge in [-0.05, 0) is 36.1 Å². The minimum Gasteiger partial charge on any atom is -0.327 e. The quantitative estimate of drug-likeness (QED) is 0.642. The van der Waals surface area contributed by atoms with Crippen LogP contribution < -0.4 is 10.2 Å². The largest absolute Gasteiger partial charge is 0.327 e. The van der Waals surface area contributed by atoms with Crippen LogP contribution in [0.2, 0.25) is 0 Å². The van der Waals surface area contributed by atoms with Gasteiger partial charge >= 0.3 is 0 Å². The third-order valence-electron chi connectivity index (χ3n) is 6.14. The lowest BCUT2D eigenvalue weighted by atomic mass is 9.96. The lowest BCUT2D eigenvalue weighted by Gasteiger charge is -2.28. The molecule has 0 aliphatic carbocycles. The lowest BCUT2D eigenvalue weighted by Crippen LogP contribution is -3.14. The standard InChI is InChI=1S/C24H29N3OS/c1-3-17(2)19-8-4-5-9-20(19)25-23(28)16-27-14-12-18(13-15-27)24-26-21-10-6-7-11-22(21)29-24/h4-11,17-18H,3,12-16H2,1-2H3,(H,25,28)/p+1/t17-/m0/s1. The second kappa shape index (κ2) is 9.06. The van der Waals surface area contributed by atoms with Gasteiger partial charge in [0.05, 0.1) is 28.3 Å². The molecule has 152 valence electrons. The molecule has 1 saturated heterocycles. The maximum absolute atomic E-state index is 12.7. The van der Waals surface area contributed by atoms with Crippen LogP contribution in [0.1, 0.15) is 55.5 Å². The van der Waals surface area contributed by atoms with Gasteiger partial charge < -0.3 is 10.2 Å². The van der Waals surface area contributed by atoms with Crippen molar-refractivity contribution in [2.45, 2.75) is 44.9 Å². The van der Waals surface area contributed by atoms with Crippen molar-refractivity contribution >= 4 is 33.1 Å². The average Bonchev–Trinajstić information content (AvgIpc) is 3.18. The van der Waals surface area contributed by atoms with E-state index in [1.807, 2.05) is 23.5 Å². The number of para-hydroxylation sites is 2. The van der Waals surface area contributed by atoms with Crippen molar-refractivity contribution in [2.75, 3.05) is 25.0 Å². The summed E-state index contributed by atoms with van der Waals surface area (Å²) in [5, 5.41) is 4.42. The van der Waals surface area contributed by atoms with E-state index in [-0.39, 0.29) is 5.91 Å². The minimum absolute atomic E-state index is 0.120. The Kier molecular flexibility index (Phi) is 6.26. The van der Waals surface area contributed by atoms with Crippen LogP contribution in [0, 0.1) is 0 Å². The van der Waals surface area contributed by atoms with E-state index < -0.39 is 0 Å². The molecule has 29 heavy (non-hydrogen) atoms. The summed E-state index contributed by atoms with van der Waals surface area (Å²) in [6.45, 7) is 7.00. The Bertz CT molecular complexity index is 942. The minimum atomic E-state index is 0.120. The number of nitrogens with zero attached hydrogens (tertiary/aromatic N) is 1. The Morgan fingerprint density at radius 2 is 1.90 bits per heavy atom. The summed E-state index contributed by atoms with van der Waals surface area (Å²) < 4.78 is 1.27. The topological polar surface area (TPSA) is 46.4 Å². The zero-order valence-corrected chi connectivity index (χ0v) is 18.1. The fraction of sp³-hybridized carbons (Fsp3) is 0.417. The second-order valence-electron chi connectivity index (χ2n) is 8.17. The van der Waals surface area contributed by atoms with Crippen molar-refractivity contribution in [2.24, 2.45) is 0 Å². The number of piperidine rings is 1. The van der Waals surface area contributed by atoms with E-state index >= 15 is 0 Å². The van der Waals surface area contributed by atoms with Gasteiger partial charge in [0.25, 0.3) is 5.91 Å². The number of likely N-dealkylation sites (tertiary alicyclic amines) is 1. The molecule has 5 heteroatoms. The van der Waals surface area contributed by atoms with Gasteiger partial charge in [0.1, 0.15) is 0 Å². The highest BCUT2D eigenvalue weighted by molar-refractivity contribution is 7.18. The molecule has 1 fully saturated rings. The van der Waals surface area contributed by atoms with Crippen molar-refractivity contribution in [3.63, 3.8) is 0 Å². The van der Waals surface area contributed by atoms with Gasteiger partial charge in [0, 0.05) is 24.4 Å². The number of anilines is 1. The van der Waals surface area contributed by atoms with Gasteiger partial charge in [-0.15, -0.1) is 11.3 Å². The molecule has 1 aromatic heterocycles. The van der Waals surface area contributed by atoms with E-state index in [1.165, 1.54) is 20.2 Å². The number of quaternary nitrogens is 1. The first-order valence-corrected chi connectivity index (χ1v) is 11.5. The first kappa shape index (κ1) is 20.0. The van der Waals surface area contributed by atoms with Crippen LogP contribution in [0.4, 0.5) is 5.69 Å². The number of hydrogen-bond acceptors (Lipinski definition) is 3. The van der Waals surface area contributed by atoms with E-state index in [9.17, 15) is 4.79 Å². The molecule has 4 rings (SSSR count). The number of nitrogens with one attached hydrogen (secondary N) is 2. The number of aromatic nitrogens is 1. The van der Waals surface area contributed by atoms with Gasteiger partial charge in [-0.1, -0.05) is 44.2 Å². The molecule has 0 radical (unpaired) electrons. The Labute approximate surface area is 177 Å². The molecule has 4 nitrogen and oxygen atoms in total. The Morgan fingerprint density at radius 1 is 1.17 bits per heavy atom. The summed E-state index contributed by atoms with van der Waals surface area (Å²) in [4.78, 5) is 18.9. The van der Waals surface area contributed by atoms with Crippen LogP contribution in [0.25, 0.3) is 10.2 Å². The Hall–Kier alpha value is -2.24. The molecule has 0 bridgehead atoms. The van der Waals surface area contributed by atoms with Crippen molar-refractivity contribution in [1.82, 2.24) is 4.98 Å². The third-order valence-corrected chi connectivity index (χ3v) is 7.34. The number of hydrogen-bond donors (Lipinski definition) is 2. The number of amides is 1. The van der Waals surface area contributed by atoms with Crippen LogP contribution in [0.5, 0.6) is 0 Å². The molecular weight excluding hydrogens is 378 g/mol. The van der Waals surface area contributed by atoms with E-state index in [1.54, 1.807) is 0 Å². The first-order valence-electron chi connectivity index (χ1n) is 10.7. The van der Waals surface area contributed by atoms with Crippen molar-refractivity contribution in [3.05, 3.63) is 59.1 Å². The molecule has 1 aliphatic rings.